The van der Waals surface area contributed by atoms with Gasteiger partial charge in [-0.2, -0.15) is 0 Å². The molecule has 0 fully saturated rings. The molecule has 0 saturated heterocycles. The third kappa shape index (κ3) is 2.44. The zero-order valence-electron chi connectivity index (χ0n) is 13.5. The second-order valence-corrected chi connectivity index (χ2v) is 5.86. The number of hydrogen-bond donors (Lipinski definition) is 1. The van der Waals surface area contributed by atoms with E-state index in [1.807, 2.05) is 4.90 Å². The van der Waals surface area contributed by atoms with E-state index >= 15 is 0 Å². The Morgan fingerprint density at radius 3 is 2.84 bits per heavy atom. The minimum atomic E-state index is -0.591. The molecule has 0 saturated carbocycles. The monoisotopic (exact) mass is 338 g/mol. The number of nitrogens with zero attached hydrogens (tertiary/aromatic N) is 3. The average Bonchev–Trinajstić information content (AvgIpc) is 3.10. The van der Waals surface area contributed by atoms with Crippen molar-refractivity contribution in [2.75, 3.05) is 30.4 Å². The van der Waals surface area contributed by atoms with Gasteiger partial charge >= 0.3 is 0 Å². The summed E-state index contributed by atoms with van der Waals surface area (Å²) in [5.74, 6) is -0.695. The Balaban J connectivity index is 1.66. The molecule has 0 aromatic heterocycles. The number of carbonyl (C=O) groups excluding carboxylic acids is 2. The first-order valence-corrected chi connectivity index (χ1v) is 7.86. The van der Waals surface area contributed by atoms with E-state index in [1.54, 1.807) is 31.3 Å². The van der Waals surface area contributed by atoms with Crippen molar-refractivity contribution in [3.63, 3.8) is 0 Å². The van der Waals surface area contributed by atoms with E-state index in [-0.39, 0.29) is 11.5 Å². The quantitative estimate of drug-likeness (QED) is 0.914. The predicted octanol–water partition coefficient (Wildman–Crippen LogP) is 2.34. The molecule has 2 amide bonds. The van der Waals surface area contributed by atoms with Crippen LogP contribution < -0.4 is 10.2 Å². The Morgan fingerprint density at radius 1 is 1.24 bits per heavy atom. The van der Waals surface area contributed by atoms with Gasteiger partial charge in [-0.1, -0.05) is 12.1 Å². The highest BCUT2D eigenvalue weighted by molar-refractivity contribution is 6.19. The molecule has 126 valence electrons. The summed E-state index contributed by atoms with van der Waals surface area (Å²) in [6.07, 6.45) is 0. The van der Waals surface area contributed by atoms with E-state index in [0.29, 0.717) is 30.3 Å². The normalized spacial score (nSPS) is 15.6. The molecular formula is C18H15FN4O2. The number of amides is 2. The van der Waals surface area contributed by atoms with Gasteiger partial charge in [0.25, 0.3) is 11.8 Å². The van der Waals surface area contributed by atoms with E-state index < -0.39 is 11.7 Å². The number of halogens is 1. The fraction of sp³-hybridized carbons (Fsp3) is 0.167. The van der Waals surface area contributed by atoms with Crippen molar-refractivity contribution in [1.29, 1.82) is 0 Å². The zero-order valence-corrected chi connectivity index (χ0v) is 13.5. The Morgan fingerprint density at radius 2 is 2.04 bits per heavy atom. The van der Waals surface area contributed by atoms with E-state index in [1.165, 1.54) is 23.1 Å². The van der Waals surface area contributed by atoms with Crippen LogP contribution in [-0.4, -0.2) is 42.8 Å². The number of hydrogen-bond acceptors (Lipinski definition) is 4. The molecule has 0 bridgehead atoms. The molecule has 6 nitrogen and oxygen atoms in total. The lowest BCUT2D eigenvalue weighted by Crippen LogP contribution is -2.48. The topological polar surface area (TPSA) is 65.0 Å². The van der Waals surface area contributed by atoms with Gasteiger partial charge in [-0.05, 0) is 30.3 Å². The molecule has 0 radical (unpaired) electrons. The van der Waals surface area contributed by atoms with Gasteiger partial charge in [0.1, 0.15) is 5.82 Å². The molecule has 2 aliphatic rings. The Labute approximate surface area is 143 Å². The Hall–Kier alpha value is -3.22. The summed E-state index contributed by atoms with van der Waals surface area (Å²) < 4.78 is 13.7. The Bertz CT molecular complexity index is 925. The van der Waals surface area contributed by atoms with Crippen LogP contribution in [0, 0.1) is 5.82 Å². The van der Waals surface area contributed by atoms with Crippen LogP contribution in [0.4, 0.5) is 15.8 Å². The highest BCUT2D eigenvalue weighted by Crippen LogP contribution is 2.32. The summed E-state index contributed by atoms with van der Waals surface area (Å²) in [5.41, 5.74) is 1.64. The molecular weight excluding hydrogens is 323 g/mol. The molecule has 0 spiro atoms. The molecule has 2 aliphatic heterocycles. The largest absolute Gasteiger partial charge is 0.322 e. The number of guanidine groups is 1. The summed E-state index contributed by atoms with van der Waals surface area (Å²) in [6, 6.07) is 10.8. The summed E-state index contributed by atoms with van der Waals surface area (Å²) >= 11 is 0. The SMILES string of the molecule is CN1C(=O)c2cc(NC(=O)c3ccccc3F)ccc2N2CCN=C12. The molecule has 4 rings (SSSR count). The minimum absolute atomic E-state index is 0.0439. The van der Waals surface area contributed by atoms with Crippen LogP contribution in [0.5, 0.6) is 0 Å². The van der Waals surface area contributed by atoms with Gasteiger partial charge in [0.2, 0.25) is 5.96 Å². The number of carbonyl (C=O) groups is 2. The molecule has 0 unspecified atom stereocenters. The molecule has 2 heterocycles. The van der Waals surface area contributed by atoms with Crippen LogP contribution in [0.1, 0.15) is 20.7 Å². The smallest absolute Gasteiger partial charge is 0.262 e. The predicted molar refractivity (Wildman–Crippen MR) is 92.5 cm³/mol. The van der Waals surface area contributed by atoms with E-state index in [2.05, 4.69) is 10.3 Å². The summed E-state index contributed by atoms with van der Waals surface area (Å²) in [7, 11) is 1.67. The van der Waals surface area contributed by atoms with Crippen molar-refractivity contribution in [3.05, 3.63) is 59.4 Å². The first kappa shape index (κ1) is 15.3. The van der Waals surface area contributed by atoms with Crippen LogP contribution in [0.2, 0.25) is 0 Å². The van der Waals surface area contributed by atoms with Crippen molar-refractivity contribution < 1.29 is 14.0 Å². The molecule has 0 aliphatic carbocycles. The fourth-order valence-corrected chi connectivity index (χ4v) is 3.09. The number of aliphatic imine (C=N–C) groups is 1. The number of benzene rings is 2. The second-order valence-electron chi connectivity index (χ2n) is 5.86. The summed E-state index contributed by atoms with van der Waals surface area (Å²) in [5, 5.41) is 2.65. The van der Waals surface area contributed by atoms with E-state index in [4.69, 9.17) is 0 Å². The van der Waals surface area contributed by atoms with Crippen LogP contribution in [0.3, 0.4) is 0 Å². The first-order valence-electron chi connectivity index (χ1n) is 7.86. The van der Waals surface area contributed by atoms with Gasteiger partial charge in [0, 0.05) is 19.3 Å². The van der Waals surface area contributed by atoms with Crippen molar-refractivity contribution in [2.45, 2.75) is 0 Å². The van der Waals surface area contributed by atoms with Crippen molar-refractivity contribution in [1.82, 2.24) is 4.90 Å². The molecule has 0 atom stereocenters. The number of nitrogens with one attached hydrogen (secondary N) is 1. The highest BCUT2D eigenvalue weighted by Gasteiger charge is 2.35. The van der Waals surface area contributed by atoms with Gasteiger partial charge in [-0.3, -0.25) is 19.5 Å². The highest BCUT2D eigenvalue weighted by atomic mass is 19.1. The molecule has 2 aromatic rings. The average molecular weight is 338 g/mol. The maximum absolute atomic E-state index is 13.7. The lowest BCUT2D eigenvalue weighted by atomic mass is 10.1. The summed E-state index contributed by atoms with van der Waals surface area (Å²) in [6.45, 7) is 1.35. The molecule has 7 heteroatoms. The minimum Gasteiger partial charge on any atom is -0.322 e. The number of rotatable bonds is 2. The van der Waals surface area contributed by atoms with E-state index in [0.717, 1.165) is 5.69 Å². The van der Waals surface area contributed by atoms with Crippen LogP contribution in [0.15, 0.2) is 47.5 Å². The zero-order chi connectivity index (χ0) is 17.6. The standard InChI is InChI=1S/C18H15FN4O2/c1-22-17(25)13-10-11(6-7-15(13)23-9-8-20-18(22)23)21-16(24)12-4-2-3-5-14(12)19/h2-7,10H,8-9H2,1H3,(H,21,24). The first-order chi connectivity index (χ1) is 12.1. The van der Waals surface area contributed by atoms with Gasteiger partial charge in [0.05, 0.1) is 23.4 Å². The molecule has 1 N–H and O–H groups in total. The van der Waals surface area contributed by atoms with Crippen LogP contribution in [-0.2, 0) is 0 Å². The fourth-order valence-electron chi connectivity index (χ4n) is 3.09. The number of anilines is 2. The van der Waals surface area contributed by atoms with Crippen LogP contribution >= 0.6 is 0 Å². The van der Waals surface area contributed by atoms with Crippen molar-refractivity contribution >= 4 is 29.1 Å². The van der Waals surface area contributed by atoms with Gasteiger partial charge in [0.15, 0.2) is 0 Å². The molecule has 2 aromatic carbocycles. The lowest BCUT2D eigenvalue weighted by Gasteiger charge is -2.33. The van der Waals surface area contributed by atoms with Crippen LogP contribution in [0.25, 0.3) is 0 Å². The maximum atomic E-state index is 13.7. The number of fused-ring (bicyclic) bond motifs is 3. The lowest BCUT2D eigenvalue weighted by molar-refractivity contribution is 0.0865. The van der Waals surface area contributed by atoms with Crippen molar-refractivity contribution in [2.24, 2.45) is 4.99 Å². The van der Waals surface area contributed by atoms with E-state index in [9.17, 15) is 14.0 Å². The third-order valence-electron chi connectivity index (χ3n) is 4.32. The van der Waals surface area contributed by atoms with Gasteiger partial charge < -0.3 is 10.2 Å². The summed E-state index contributed by atoms with van der Waals surface area (Å²) in [4.78, 5) is 32.6. The van der Waals surface area contributed by atoms with Crippen molar-refractivity contribution in [3.8, 4) is 0 Å². The third-order valence-corrected chi connectivity index (χ3v) is 4.32. The maximum Gasteiger partial charge on any atom is 0.262 e. The Kier molecular flexibility index (Phi) is 3.49. The van der Waals surface area contributed by atoms with Gasteiger partial charge in [-0.15, -0.1) is 0 Å². The second kappa shape index (κ2) is 5.70. The van der Waals surface area contributed by atoms with Gasteiger partial charge in [-0.25, -0.2) is 4.39 Å². The molecule has 25 heavy (non-hydrogen) atoms.